The fraction of sp³-hybridized carbons (Fsp3) is 0.286. The minimum atomic E-state index is -0.477. The highest BCUT2D eigenvalue weighted by Crippen LogP contribution is 2.39. The molecule has 1 atom stereocenters. The van der Waals surface area contributed by atoms with Crippen molar-refractivity contribution in [2.45, 2.75) is 19.2 Å². The highest BCUT2D eigenvalue weighted by molar-refractivity contribution is 6.36. The third-order valence-electron chi connectivity index (χ3n) is 2.64. The summed E-state index contributed by atoms with van der Waals surface area (Å²) in [5, 5.41) is 0.506. The van der Waals surface area contributed by atoms with E-state index in [1.807, 2.05) is 26.0 Å². The number of rotatable bonds is 4. The van der Waals surface area contributed by atoms with Crippen LogP contribution in [0, 0.1) is 6.92 Å². The van der Waals surface area contributed by atoms with Gasteiger partial charge in [-0.1, -0.05) is 23.2 Å². The smallest absolute Gasteiger partial charge is 0.139 e. The van der Waals surface area contributed by atoms with Gasteiger partial charge in [0.05, 0.1) is 11.6 Å². The zero-order valence-electron chi connectivity index (χ0n) is 10.5. The van der Waals surface area contributed by atoms with Crippen molar-refractivity contribution in [2.24, 2.45) is 0 Å². The molecule has 0 amide bonds. The second kappa shape index (κ2) is 6.08. The van der Waals surface area contributed by atoms with E-state index in [1.165, 1.54) is 0 Å². The Bertz CT molecular complexity index is 578. The lowest BCUT2D eigenvalue weighted by molar-refractivity contribution is 0.340. The molecule has 5 heteroatoms. The van der Waals surface area contributed by atoms with Crippen molar-refractivity contribution < 1.29 is 9.15 Å². The molecule has 2 nitrogen and oxygen atoms in total. The molecule has 0 saturated heterocycles. The van der Waals surface area contributed by atoms with Crippen molar-refractivity contribution in [1.82, 2.24) is 0 Å². The Balaban J connectivity index is 2.37. The van der Waals surface area contributed by atoms with Gasteiger partial charge in [-0.25, -0.2) is 0 Å². The molecule has 0 radical (unpaired) electrons. The second-order valence-corrected chi connectivity index (χ2v) is 5.30. The number of aryl methyl sites for hydroxylation is 1. The summed E-state index contributed by atoms with van der Waals surface area (Å²) in [6.45, 7) is 4.27. The predicted molar refractivity (Wildman–Crippen MR) is 78.8 cm³/mol. The first-order valence-corrected chi connectivity index (χ1v) is 7.04. The minimum Gasteiger partial charge on any atom is -0.492 e. The molecule has 19 heavy (non-hydrogen) atoms. The molecule has 102 valence electrons. The Kier molecular flexibility index (Phi) is 4.67. The van der Waals surface area contributed by atoms with Crippen molar-refractivity contribution >= 4 is 34.8 Å². The Labute approximate surface area is 127 Å². The first-order chi connectivity index (χ1) is 9.02. The molecule has 1 heterocycles. The molecular formula is C14H13Cl3O2. The molecule has 0 bridgehead atoms. The van der Waals surface area contributed by atoms with Gasteiger partial charge in [0.25, 0.3) is 0 Å². The monoisotopic (exact) mass is 318 g/mol. The van der Waals surface area contributed by atoms with Gasteiger partial charge >= 0.3 is 0 Å². The summed E-state index contributed by atoms with van der Waals surface area (Å²) in [5.74, 6) is 1.99. The number of hydrogen-bond donors (Lipinski definition) is 0. The lowest BCUT2D eigenvalue weighted by atomic mass is 10.1. The summed E-state index contributed by atoms with van der Waals surface area (Å²) < 4.78 is 10.9. The maximum absolute atomic E-state index is 6.37. The first-order valence-electron chi connectivity index (χ1n) is 5.85. The molecule has 2 rings (SSSR count). The summed E-state index contributed by atoms with van der Waals surface area (Å²) in [6, 6.07) is 7.07. The molecule has 0 N–H and O–H groups in total. The SMILES string of the molecule is CCOc1cc(Cl)c(C(Cl)c2ccc(C)o2)cc1Cl. The van der Waals surface area contributed by atoms with Crippen LogP contribution in [0.2, 0.25) is 10.0 Å². The van der Waals surface area contributed by atoms with Crippen LogP contribution in [0.1, 0.15) is 29.4 Å². The number of halogens is 3. The van der Waals surface area contributed by atoms with E-state index in [9.17, 15) is 0 Å². The van der Waals surface area contributed by atoms with E-state index in [0.717, 1.165) is 5.76 Å². The van der Waals surface area contributed by atoms with E-state index < -0.39 is 5.38 Å². The van der Waals surface area contributed by atoms with Crippen LogP contribution in [0.25, 0.3) is 0 Å². The third-order valence-corrected chi connectivity index (χ3v) is 3.71. The number of benzene rings is 1. The van der Waals surface area contributed by atoms with Gasteiger partial charge in [-0.05, 0) is 37.6 Å². The molecule has 0 spiro atoms. The lowest BCUT2D eigenvalue weighted by Crippen LogP contribution is -1.97. The second-order valence-electron chi connectivity index (χ2n) is 4.05. The molecule has 1 unspecified atom stereocenters. The molecule has 0 fully saturated rings. The van der Waals surface area contributed by atoms with Crippen LogP contribution in [0.4, 0.5) is 0 Å². The average Bonchev–Trinajstić information content (AvgIpc) is 2.79. The lowest BCUT2D eigenvalue weighted by Gasteiger charge is -2.13. The topological polar surface area (TPSA) is 22.4 Å². The third kappa shape index (κ3) is 3.19. The van der Waals surface area contributed by atoms with E-state index in [-0.39, 0.29) is 0 Å². The van der Waals surface area contributed by atoms with E-state index in [0.29, 0.717) is 33.7 Å². The normalized spacial score (nSPS) is 12.5. The van der Waals surface area contributed by atoms with Gasteiger partial charge in [-0.2, -0.15) is 0 Å². The van der Waals surface area contributed by atoms with Crippen LogP contribution in [-0.4, -0.2) is 6.61 Å². The van der Waals surface area contributed by atoms with Crippen LogP contribution in [0.5, 0.6) is 5.75 Å². The van der Waals surface area contributed by atoms with E-state index in [4.69, 9.17) is 44.0 Å². The maximum Gasteiger partial charge on any atom is 0.139 e. The van der Waals surface area contributed by atoms with Gasteiger partial charge in [0.2, 0.25) is 0 Å². The van der Waals surface area contributed by atoms with Crippen LogP contribution in [-0.2, 0) is 0 Å². The van der Waals surface area contributed by atoms with Crippen molar-refractivity contribution in [1.29, 1.82) is 0 Å². The van der Waals surface area contributed by atoms with Gasteiger partial charge < -0.3 is 9.15 Å². The fourth-order valence-electron chi connectivity index (χ4n) is 1.75. The van der Waals surface area contributed by atoms with Crippen molar-refractivity contribution in [2.75, 3.05) is 6.61 Å². The van der Waals surface area contributed by atoms with Crippen LogP contribution >= 0.6 is 34.8 Å². The highest BCUT2D eigenvalue weighted by atomic mass is 35.5. The number of ether oxygens (including phenoxy) is 1. The predicted octanol–water partition coefficient (Wildman–Crippen LogP) is 5.62. The quantitative estimate of drug-likeness (QED) is 0.682. The van der Waals surface area contributed by atoms with Gasteiger partial charge in [0, 0.05) is 11.1 Å². The minimum absolute atomic E-state index is 0.477. The molecule has 0 aliphatic carbocycles. The molecular weight excluding hydrogens is 307 g/mol. The van der Waals surface area contributed by atoms with Crippen molar-refractivity contribution in [3.8, 4) is 5.75 Å². The molecule has 0 saturated carbocycles. The fourth-order valence-corrected chi connectivity index (χ4v) is 2.59. The molecule has 1 aromatic carbocycles. The summed E-state index contributed by atoms with van der Waals surface area (Å²) in [4.78, 5) is 0. The van der Waals surface area contributed by atoms with E-state index in [1.54, 1.807) is 12.1 Å². The van der Waals surface area contributed by atoms with Crippen LogP contribution in [0.3, 0.4) is 0 Å². The summed E-state index contributed by atoms with van der Waals surface area (Å²) in [6.07, 6.45) is 0. The Morgan fingerprint density at radius 3 is 2.53 bits per heavy atom. The van der Waals surface area contributed by atoms with Gasteiger partial charge in [0.1, 0.15) is 22.6 Å². The van der Waals surface area contributed by atoms with Gasteiger partial charge in [-0.15, -0.1) is 11.6 Å². The van der Waals surface area contributed by atoms with Crippen LogP contribution in [0.15, 0.2) is 28.7 Å². The van der Waals surface area contributed by atoms with Crippen molar-refractivity contribution in [3.05, 3.63) is 51.4 Å². The summed E-state index contributed by atoms with van der Waals surface area (Å²) in [7, 11) is 0. The largest absolute Gasteiger partial charge is 0.492 e. The highest BCUT2D eigenvalue weighted by Gasteiger charge is 2.19. The van der Waals surface area contributed by atoms with Gasteiger partial charge in [0.15, 0.2) is 0 Å². The van der Waals surface area contributed by atoms with Gasteiger partial charge in [-0.3, -0.25) is 0 Å². The van der Waals surface area contributed by atoms with Crippen molar-refractivity contribution in [3.63, 3.8) is 0 Å². The summed E-state index contributed by atoms with van der Waals surface area (Å²) >= 11 is 18.7. The van der Waals surface area contributed by atoms with E-state index >= 15 is 0 Å². The summed E-state index contributed by atoms with van der Waals surface area (Å²) in [5.41, 5.74) is 0.700. The number of hydrogen-bond acceptors (Lipinski definition) is 2. The van der Waals surface area contributed by atoms with E-state index in [2.05, 4.69) is 0 Å². The number of alkyl halides is 1. The standard InChI is InChI=1S/C14H13Cl3O2/c1-3-18-13-7-10(15)9(6-11(13)16)14(17)12-5-4-8(2)19-12/h4-7,14H,3H2,1-2H3. The molecule has 0 aliphatic rings. The molecule has 2 aromatic rings. The zero-order valence-corrected chi connectivity index (χ0v) is 12.8. The zero-order chi connectivity index (χ0) is 14.0. The molecule has 0 aliphatic heterocycles. The van der Waals surface area contributed by atoms with Crippen LogP contribution < -0.4 is 4.74 Å². The average molecular weight is 320 g/mol. The first kappa shape index (κ1) is 14.6. The Morgan fingerprint density at radius 2 is 1.95 bits per heavy atom. The Hall–Kier alpha value is -0.830. The molecule has 1 aromatic heterocycles. The Morgan fingerprint density at radius 1 is 1.21 bits per heavy atom. The number of furan rings is 1. The maximum atomic E-state index is 6.37.